The van der Waals surface area contributed by atoms with Crippen molar-refractivity contribution in [3.05, 3.63) is 108 Å². The van der Waals surface area contributed by atoms with Gasteiger partial charge in [-0.1, -0.05) is 91.0 Å². The Kier molecular flexibility index (Phi) is 4.49. The predicted molar refractivity (Wildman–Crippen MR) is 103 cm³/mol. The Hall–Kier alpha value is -3.38. The first-order valence-corrected chi connectivity index (χ1v) is 8.77. The van der Waals surface area contributed by atoms with Crippen LogP contribution >= 0.6 is 0 Å². The molecule has 3 nitrogen and oxygen atoms in total. The number of hydrazone groups is 1. The molecule has 0 aromatic heterocycles. The number of benzene rings is 3. The van der Waals surface area contributed by atoms with Gasteiger partial charge in [0.15, 0.2) is 6.04 Å². The molecule has 0 spiro atoms. The molecule has 4 rings (SSSR count). The van der Waals surface area contributed by atoms with E-state index in [9.17, 15) is 5.26 Å². The van der Waals surface area contributed by atoms with Crippen molar-refractivity contribution < 1.29 is 0 Å². The van der Waals surface area contributed by atoms with Crippen LogP contribution in [0.3, 0.4) is 0 Å². The average Bonchev–Trinajstić information content (AvgIpc) is 3.16. The Balaban J connectivity index is 1.76. The van der Waals surface area contributed by atoms with Crippen LogP contribution in [0.1, 0.15) is 35.2 Å². The highest BCUT2D eigenvalue weighted by Gasteiger charge is 2.34. The fourth-order valence-corrected chi connectivity index (χ4v) is 3.44. The van der Waals surface area contributed by atoms with Crippen LogP contribution in [0, 0.1) is 11.3 Å². The van der Waals surface area contributed by atoms with Gasteiger partial charge in [-0.2, -0.15) is 10.4 Å². The summed E-state index contributed by atoms with van der Waals surface area (Å²) in [4.78, 5) is 0. The van der Waals surface area contributed by atoms with E-state index in [1.807, 2.05) is 71.7 Å². The third kappa shape index (κ3) is 3.10. The van der Waals surface area contributed by atoms with Crippen LogP contribution < -0.4 is 0 Å². The van der Waals surface area contributed by atoms with Gasteiger partial charge in [0, 0.05) is 6.42 Å². The molecule has 126 valence electrons. The molecular formula is C23H19N3. The van der Waals surface area contributed by atoms with Crippen molar-refractivity contribution in [1.82, 2.24) is 5.01 Å². The summed E-state index contributed by atoms with van der Waals surface area (Å²) >= 11 is 0. The summed E-state index contributed by atoms with van der Waals surface area (Å²) in [5, 5.41) is 16.8. The molecule has 1 aliphatic heterocycles. The first-order chi connectivity index (χ1) is 12.9. The third-order valence-electron chi connectivity index (χ3n) is 4.74. The highest BCUT2D eigenvalue weighted by Crippen LogP contribution is 2.38. The van der Waals surface area contributed by atoms with Crippen LogP contribution in [0.15, 0.2) is 96.1 Å². The number of rotatable bonds is 4. The lowest BCUT2D eigenvalue weighted by Gasteiger charge is -2.28. The fourth-order valence-electron chi connectivity index (χ4n) is 3.44. The molecule has 26 heavy (non-hydrogen) atoms. The SMILES string of the molecule is N#C[C@@H](c1ccccc1)N1N=C(c2ccccc2)C[C@H]1c1ccccc1. The number of nitriles is 1. The Labute approximate surface area is 153 Å². The summed E-state index contributed by atoms with van der Waals surface area (Å²) in [7, 11) is 0. The van der Waals surface area contributed by atoms with Crippen LogP contribution in [-0.2, 0) is 0 Å². The Morgan fingerprint density at radius 2 is 1.42 bits per heavy atom. The molecule has 3 aromatic rings. The van der Waals surface area contributed by atoms with Gasteiger partial charge in [0.1, 0.15) is 0 Å². The minimum atomic E-state index is -0.414. The van der Waals surface area contributed by atoms with Gasteiger partial charge in [0.05, 0.1) is 17.8 Å². The fraction of sp³-hybridized carbons (Fsp3) is 0.130. The van der Waals surface area contributed by atoms with E-state index in [2.05, 4.69) is 30.3 Å². The van der Waals surface area contributed by atoms with E-state index in [0.29, 0.717) is 0 Å². The predicted octanol–water partition coefficient (Wildman–Crippen LogP) is 5.10. The van der Waals surface area contributed by atoms with Gasteiger partial charge in [-0.15, -0.1) is 0 Å². The molecule has 0 radical (unpaired) electrons. The molecule has 0 unspecified atom stereocenters. The number of nitrogens with zero attached hydrogens (tertiary/aromatic N) is 3. The highest BCUT2D eigenvalue weighted by atomic mass is 15.5. The normalized spacial score (nSPS) is 17.4. The number of hydrogen-bond acceptors (Lipinski definition) is 3. The monoisotopic (exact) mass is 337 g/mol. The minimum Gasteiger partial charge on any atom is -0.267 e. The summed E-state index contributed by atoms with van der Waals surface area (Å²) in [5.41, 5.74) is 4.28. The van der Waals surface area contributed by atoms with Gasteiger partial charge in [-0.25, -0.2) is 0 Å². The van der Waals surface area contributed by atoms with E-state index in [4.69, 9.17) is 5.10 Å². The lowest BCUT2D eigenvalue weighted by molar-refractivity contribution is 0.196. The van der Waals surface area contributed by atoms with Crippen LogP contribution in [0.5, 0.6) is 0 Å². The van der Waals surface area contributed by atoms with Gasteiger partial charge in [-0.3, -0.25) is 5.01 Å². The zero-order chi connectivity index (χ0) is 17.8. The molecule has 0 fully saturated rings. The first kappa shape index (κ1) is 16.1. The minimum absolute atomic E-state index is 0.0521. The van der Waals surface area contributed by atoms with Crippen molar-refractivity contribution in [2.75, 3.05) is 0 Å². The quantitative estimate of drug-likeness (QED) is 0.664. The van der Waals surface area contributed by atoms with Crippen molar-refractivity contribution in [2.45, 2.75) is 18.5 Å². The lowest BCUT2D eigenvalue weighted by atomic mass is 9.97. The van der Waals surface area contributed by atoms with Crippen LogP contribution in [0.4, 0.5) is 0 Å². The van der Waals surface area contributed by atoms with Gasteiger partial charge in [0.2, 0.25) is 0 Å². The molecular weight excluding hydrogens is 318 g/mol. The smallest absolute Gasteiger partial charge is 0.159 e. The molecule has 3 aromatic carbocycles. The van der Waals surface area contributed by atoms with Crippen molar-refractivity contribution in [3.63, 3.8) is 0 Å². The van der Waals surface area contributed by atoms with Crippen LogP contribution in [0.2, 0.25) is 0 Å². The maximum atomic E-state index is 9.90. The molecule has 0 amide bonds. The largest absolute Gasteiger partial charge is 0.267 e. The molecule has 1 aliphatic rings. The van der Waals surface area contributed by atoms with E-state index in [-0.39, 0.29) is 6.04 Å². The van der Waals surface area contributed by atoms with Crippen molar-refractivity contribution in [3.8, 4) is 6.07 Å². The Morgan fingerprint density at radius 1 is 0.846 bits per heavy atom. The zero-order valence-electron chi connectivity index (χ0n) is 14.4. The maximum absolute atomic E-state index is 9.90. The standard InChI is InChI=1S/C23H19N3/c24-17-23(20-14-8-3-9-15-20)26-22(19-12-6-2-7-13-19)16-21(25-26)18-10-4-1-5-11-18/h1-15,22-23H,16H2/t22-,23-/m0/s1. The second kappa shape index (κ2) is 7.25. The maximum Gasteiger partial charge on any atom is 0.159 e. The Bertz CT molecular complexity index is 927. The van der Waals surface area contributed by atoms with E-state index in [1.165, 1.54) is 5.56 Å². The number of hydrogen-bond donors (Lipinski definition) is 0. The van der Waals surface area contributed by atoms with Gasteiger partial charge in [-0.05, 0) is 16.7 Å². The average molecular weight is 337 g/mol. The summed E-state index contributed by atoms with van der Waals surface area (Å²) < 4.78 is 0. The third-order valence-corrected chi connectivity index (χ3v) is 4.74. The van der Waals surface area contributed by atoms with Crippen LogP contribution in [0.25, 0.3) is 0 Å². The summed E-state index contributed by atoms with van der Waals surface area (Å²) in [6.07, 6.45) is 0.791. The van der Waals surface area contributed by atoms with E-state index in [1.54, 1.807) is 0 Å². The molecule has 1 heterocycles. The summed E-state index contributed by atoms with van der Waals surface area (Å²) in [6, 6.07) is 32.5. The van der Waals surface area contributed by atoms with E-state index >= 15 is 0 Å². The highest BCUT2D eigenvalue weighted by molar-refractivity contribution is 6.01. The molecule has 0 bridgehead atoms. The molecule has 0 saturated heterocycles. The topological polar surface area (TPSA) is 39.4 Å². The van der Waals surface area contributed by atoms with Gasteiger partial charge < -0.3 is 0 Å². The van der Waals surface area contributed by atoms with Crippen molar-refractivity contribution >= 4 is 5.71 Å². The van der Waals surface area contributed by atoms with E-state index in [0.717, 1.165) is 23.3 Å². The zero-order valence-corrected chi connectivity index (χ0v) is 14.4. The molecule has 0 N–H and O–H groups in total. The van der Waals surface area contributed by atoms with Crippen molar-refractivity contribution in [1.29, 1.82) is 5.26 Å². The lowest BCUT2D eigenvalue weighted by Crippen LogP contribution is -2.24. The van der Waals surface area contributed by atoms with Crippen molar-refractivity contribution in [2.24, 2.45) is 5.10 Å². The summed E-state index contributed by atoms with van der Waals surface area (Å²) in [5.74, 6) is 0. The summed E-state index contributed by atoms with van der Waals surface area (Å²) in [6.45, 7) is 0. The molecule has 2 atom stereocenters. The van der Waals surface area contributed by atoms with Gasteiger partial charge >= 0.3 is 0 Å². The second-order valence-corrected chi connectivity index (χ2v) is 6.37. The molecule has 0 aliphatic carbocycles. The second-order valence-electron chi connectivity index (χ2n) is 6.37. The van der Waals surface area contributed by atoms with Gasteiger partial charge in [0.25, 0.3) is 0 Å². The molecule has 0 saturated carbocycles. The van der Waals surface area contributed by atoms with E-state index < -0.39 is 6.04 Å². The molecule has 3 heteroatoms. The first-order valence-electron chi connectivity index (χ1n) is 8.77. The van der Waals surface area contributed by atoms with Crippen LogP contribution in [-0.4, -0.2) is 10.7 Å². The Morgan fingerprint density at radius 3 is 2.04 bits per heavy atom.